The van der Waals surface area contributed by atoms with Gasteiger partial charge < -0.3 is 25.0 Å². The monoisotopic (exact) mass is 595 g/mol. The smallest absolute Gasteiger partial charge is 0.408 e. The molecule has 2 rings (SSSR count). The van der Waals surface area contributed by atoms with Crippen molar-refractivity contribution in [2.24, 2.45) is 11.8 Å². The van der Waals surface area contributed by atoms with Crippen molar-refractivity contribution in [3.63, 3.8) is 0 Å². The molecular formula is C35H53N3O5. The molecule has 2 aromatic rings. The molecule has 0 aliphatic heterocycles. The Kier molecular flexibility index (Phi) is 13.1. The number of aryl methyl sites for hydroxylation is 2. The molecule has 2 aromatic carbocycles. The summed E-state index contributed by atoms with van der Waals surface area (Å²) >= 11 is 0. The van der Waals surface area contributed by atoms with E-state index < -0.39 is 23.8 Å². The molecule has 0 aliphatic rings. The number of carbonyl (C=O) groups is 3. The fraction of sp³-hybridized carbons (Fsp3) is 0.571. The summed E-state index contributed by atoms with van der Waals surface area (Å²) in [6.07, 6.45) is 1.30. The highest BCUT2D eigenvalue weighted by Crippen LogP contribution is 2.31. The second-order valence-corrected chi connectivity index (χ2v) is 13.4. The normalized spacial score (nSPS) is 13.7. The number of methoxy groups -OCH3 is 1. The summed E-state index contributed by atoms with van der Waals surface area (Å²) in [5.41, 5.74) is 2.69. The van der Waals surface area contributed by atoms with Crippen molar-refractivity contribution in [2.45, 2.75) is 112 Å². The number of nitrogens with zero attached hydrogens (tertiary/aromatic N) is 1. The van der Waals surface area contributed by atoms with E-state index in [1.807, 2.05) is 52.8 Å². The lowest BCUT2D eigenvalue weighted by Crippen LogP contribution is -2.55. The van der Waals surface area contributed by atoms with E-state index in [1.54, 1.807) is 57.0 Å². The predicted molar refractivity (Wildman–Crippen MR) is 173 cm³/mol. The molecule has 3 unspecified atom stereocenters. The second kappa shape index (κ2) is 15.8. The molecular weight excluding hydrogens is 542 g/mol. The van der Waals surface area contributed by atoms with E-state index in [4.69, 9.17) is 9.47 Å². The fourth-order valence-corrected chi connectivity index (χ4v) is 4.89. The van der Waals surface area contributed by atoms with Crippen molar-refractivity contribution < 1.29 is 23.9 Å². The Morgan fingerprint density at radius 2 is 1.49 bits per heavy atom. The molecule has 3 amide bonds. The van der Waals surface area contributed by atoms with Gasteiger partial charge in [-0.2, -0.15) is 0 Å². The van der Waals surface area contributed by atoms with Crippen LogP contribution in [0.1, 0.15) is 97.4 Å². The van der Waals surface area contributed by atoms with Crippen LogP contribution in [0.5, 0.6) is 5.75 Å². The Morgan fingerprint density at radius 3 is 2.00 bits per heavy atom. The molecule has 238 valence electrons. The molecule has 8 nitrogen and oxygen atoms in total. The summed E-state index contributed by atoms with van der Waals surface area (Å²) in [5.74, 6) is 0.541. The number of anilines is 1. The third-order valence-electron chi connectivity index (χ3n) is 7.32. The molecule has 8 heteroatoms. The zero-order chi connectivity index (χ0) is 32.5. The Morgan fingerprint density at radius 1 is 0.860 bits per heavy atom. The van der Waals surface area contributed by atoms with E-state index in [2.05, 4.69) is 24.5 Å². The van der Waals surface area contributed by atoms with E-state index in [1.165, 1.54) is 0 Å². The average molecular weight is 596 g/mol. The fourth-order valence-electron chi connectivity index (χ4n) is 4.89. The molecule has 0 bridgehead atoms. The van der Waals surface area contributed by atoms with Gasteiger partial charge in [0.05, 0.1) is 7.11 Å². The maximum atomic E-state index is 14.6. The number of carbonyl (C=O) groups excluding carboxylic acids is 3. The van der Waals surface area contributed by atoms with Gasteiger partial charge in [0.1, 0.15) is 23.4 Å². The van der Waals surface area contributed by atoms with Gasteiger partial charge in [-0.25, -0.2) is 4.79 Å². The summed E-state index contributed by atoms with van der Waals surface area (Å²) in [5, 5.41) is 5.87. The Labute approximate surface area is 258 Å². The highest BCUT2D eigenvalue weighted by Gasteiger charge is 2.39. The first-order valence-electron chi connectivity index (χ1n) is 15.4. The zero-order valence-corrected chi connectivity index (χ0v) is 28.0. The van der Waals surface area contributed by atoms with Crippen LogP contribution in [0.2, 0.25) is 0 Å². The molecule has 2 N–H and O–H groups in total. The van der Waals surface area contributed by atoms with Gasteiger partial charge in [-0.15, -0.1) is 0 Å². The summed E-state index contributed by atoms with van der Waals surface area (Å²) in [6, 6.07) is 10.9. The van der Waals surface area contributed by atoms with Crippen molar-refractivity contribution in [1.82, 2.24) is 10.2 Å². The van der Waals surface area contributed by atoms with Gasteiger partial charge in [0.2, 0.25) is 5.91 Å². The van der Waals surface area contributed by atoms with Crippen LogP contribution in [0.4, 0.5) is 10.5 Å². The van der Waals surface area contributed by atoms with Crippen molar-refractivity contribution in [2.75, 3.05) is 12.4 Å². The molecule has 0 aromatic heterocycles. The molecule has 0 saturated heterocycles. The minimum atomic E-state index is -0.939. The van der Waals surface area contributed by atoms with E-state index in [9.17, 15) is 14.4 Å². The lowest BCUT2D eigenvalue weighted by atomic mass is 9.94. The third-order valence-corrected chi connectivity index (χ3v) is 7.32. The van der Waals surface area contributed by atoms with E-state index >= 15 is 0 Å². The number of hydrogen-bond donors (Lipinski definition) is 2. The van der Waals surface area contributed by atoms with Crippen LogP contribution in [0.3, 0.4) is 0 Å². The number of hydrogen-bond acceptors (Lipinski definition) is 5. The molecule has 3 atom stereocenters. The summed E-state index contributed by atoms with van der Waals surface area (Å²) in [7, 11) is 1.59. The zero-order valence-electron chi connectivity index (χ0n) is 28.0. The van der Waals surface area contributed by atoms with Gasteiger partial charge in [-0.05, 0) is 114 Å². The largest absolute Gasteiger partial charge is 0.497 e. The maximum Gasteiger partial charge on any atom is 0.408 e. The minimum absolute atomic E-state index is 0.102. The molecule has 0 heterocycles. The molecule has 0 saturated carbocycles. The van der Waals surface area contributed by atoms with E-state index in [0.29, 0.717) is 35.8 Å². The van der Waals surface area contributed by atoms with Crippen molar-refractivity contribution in [1.29, 1.82) is 0 Å². The van der Waals surface area contributed by atoms with Crippen LogP contribution in [0, 0.1) is 25.7 Å². The number of alkyl carbamates (subject to hydrolysis) is 1. The Hall–Kier alpha value is -3.55. The van der Waals surface area contributed by atoms with Crippen molar-refractivity contribution >= 4 is 23.6 Å². The van der Waals surface area contributed by atoms with Crippen LogP contribution >= 0.6 is 0 Å². The summed E-state index contributed by atoms with van der Waals surface area (Å²) in [6.45, 7) is 19.6. The molecule has 0 aliphatic carbocycles. The average Bonchev–Trinajstić information content (AvgIpc) is 2.90. The third kappa shape index (κ3) is 11.2. The standard InChI is InChI=1S/C35H53N3O5/c1-22(2)12-14-26(7)38(33(40)30(20-23(3)4)37-34(41)43-35(8,9)10)31(27-15-13-24(5)25(6)21-27)32(39)36-28-16-18-29(42-11)19-17-28/h13,15-19,21-23,26,30-31H,12,14,20H2,1-11H3,(H,36,39)(H,37,41). The van der Waals surface area contributed by atoms with Crippen LogP contribution in [-0.2, 0) is 14.3 Å². The van der Waals surface area contributed by atoms with E-state index in [0.717, 1.165) is 17.5 Å². The van der Waals surface area contributed by atoms with Gasteiger partial charge in [-0.3, -0.25) is 9.59 Å². The Bertz CT molecular complexity index is 1220. The molecule has 0 spiro atoms. The van der Waals surface area contributed by atoms with Crippen molar-refractivity contribution in [3.05, 3.63) is 59.2 Å². The topological polar surface area (TPSA) is 97.0 Å². The first-order valence-corrected chi connectivity index (χ1v) is 15.4. The molecule has 0 radical (unpaired) electrons. The lowest BCUT2D eigenvalue weighted by Gasteiger charge is -2.39. The molecule has 0 fully saturated rings. The van der Waals surface area contributed by atoms with Gasteiger partial charge in [0.15, 0.2) is 0 Å². The number of nitrogens with one attached hydrogen (secondary N) is 2. The second-order valence-electron chi connectivity index (χ2n) is 13.4. The lowest BCUT2D eigenvalue weighted by molar-refractivity contribution is -0.144. The quantitative estimate of drug-likeness (QED) is 0.249. The van der Waals surface area contributed by atoms with Gasteiger partial charge in [0.25, 0.3) is 5.91 Å². The SMILES string of the molecule is COc1ccc(NC(=O)C(c2ccc(C)c(C)c2)N(C(=O)C(CC(C)C)NC(=O)OC(C)(C)C)C(C)CCC(C)C)cc1. The number of ether oxygens (including phenoxy) is 2. The van der Waals surface area contributed by atoms with Crippen LogP contribution in [0.25, 0.3) is 0 Å². The highest BCUT2D eigenvalue weighted by atomic mass is 16.6. The van der Waals surface area contributed by atoms with Crippen molar-refractivity contribution in [3.8, 4) is 5.75 Å². The predicted octanol–water partition coefficient (Wildman–Crippen LogP) is 7.58. The van der Waals surface area contributed by atoms with E-state index in [-0.39, 0.29) is 23.8 Å². The number of rotatable bonds is 13. The van der Waals surface area contributed by atoms with Gasteiger partial charge in [-0.1, -0.05) is 45.9 Å². The number of amides is 3. The summed E-state index contributed by atoms with van der Waals surface area (Å²) in [4.78, 5) is 43.5. The minimum Gasteiger partial charge on any atom is -0.497 e. The highest BCUT2D eigenvalue weighted by molar-refractivity contribution is 5.99. The van der Waals surface area contributed by atoms with Crippen LogP contribution in [0.15, 0.2) is 42.5 Å². The first-order chi connectivity index (χ1) is 20.0. The molecule has 43 heavy (non-hydrogen) atoms. The van der Waals surface area contributed by atoms with Gasteiger partial charge in [0, 0.05) is 11.7 Å². The first kappa shape index (κ1) is 35.6. The summed E-state index contributed by atoms with van der Waals surface area (Å²) < 4.78 is 10.8. The Balaban J connectivity index is 2.65. The van der Waals surface area contributed by atoms with Gasteiger partial charge >= 0.3 is 6.09 Å². The van der Waals surface area contributed by atoms with Crippen LogP contribution in [-0.4, -0.2) is 47.6 Å². The number of benzene rings is 2. The van der Waals surface area contributed by atoms with Crippen LogP contribution < -0.4 is 15.4 Å². The maximum absolute atomic E-state index is 14.6.